The summed E-state index contributed by atoms with van der Waals surface area (Å²) in [6.45, 7) is 3.04. The Balaban J connectivity index is 1.62. The molecule has 1 aliphatic rings. The molecule has 26 heavy (non-hydrogen) atoms. The maximum Gasteiger partial charge on any atom is 0.319 e. The predicted octanol–water partition coefficient (Wildman–Crippen LogP) is 4.29. The molecule has 3 rings (SSSR count). The molecule has 2 aromatic rings. The Kier molecular flexibility index (Phi) is 5.78. The molecule has 2 N–H and O–H groups in total. The summed E-state index contributed by atoms with van der Waals surface area (Å²) in [4.78, 5) is 26.3. The Bertz CT molecular complexity index is 788. The smallest absolute Gasteiger partial charge is 0.319 e. The predicted molar refractivity (Wildman–Crippen MR) is 103 cm³/mol. The SMILES string of the molecule is CCN(Cc1cccc(Cl)c1)C(=O)c1ccc(NC(=O)NC2CC2)cc1. The summed E-state index contributed by atoms with van der Waals surface area (Å²) in [5.41, 5.74) is 2.24. The molecule has 0 unspecified atom stereocenters. The molecule has 0 spiro atoms. The largest absolute Gasteiger partial charge is 0.335 e. The summed E-state index contributed by atoms with van der Waals surface area (Å²) in [5, 5.41) is 6.30. The van der Waals surface area contributed by atoms with E-state index in [-0.39, 0.29) is 11.9 Å². The number of nitrogens with zero attached hydrogens (tertiary/aromatic N) is 1. The summed E-state index contributed by atoms with van der Waals surface area (Å²) >= 11 is 6.02. The minimum atomic E-state index is -0.206. The molecule has 3 amide bonds. The molecular formula is C20H22ClN3O2. The average Bonchev–Trinajstić information content (AvgIpc) is 3.43. The highest BCUT2D eigenvalue weighted by Gasteiger charge is 2.23. The molecule has 0 aromatic heterocycles. The van der Waals surface area contributed by atoms with E-state index in [1.54, 1.807) is 29.2 Å². The lowest BCUT2D eigenvalue weighted by Crippen LogP contribution is -2.31. The van der Waals surface area contributed by atoms with Crippen LogP contribution in [0.1, 0.15) is 35.7 Å². The van der Waals surface area contributed by atoms with Gasteiger partial charge >= 0.3 is 6.03 Å². The minimum absolute atomic E-state index is 0.0542. The van der Waals surface area contributed by atoms with E-state index in [1.165, 1.54) is 0 Å². The first-order chi connectivity index (χ1) is 12.5. The maximum atomic E-state index is 12.7. The zero-order chi connectivity index (χ0) is 18.5. The van der Waals surface area contributed by atoms with E-state index >= 15 is 0 Å². The van der Waals surface area contributed by atoms with E-state index in [9.17, 15) is 9.59 Å². The van der Waals surface area contributed by atoms with Crippen LogP contribution in [0.15, 0.2) is 48.5 Å². The molecule has 136 valence electrons. The molecule has 0 aliphatic heterocycles. The standard InChI is InChI=1S/C20H22ClN3O2/c1-2-24(13-14-4-3-5-16(21)12-14)19(25)15-6-8-17(9-7-15)22-20(26)23-18-10-11-18/h3-9,12,18H,2,10-11,13H2,1H3,(H2,22,23,26). The number of hydrogen-bond donors (Lipinski definition) is 2. The van der Waals surface area contributed by atoms with Crippen LogP contribution in [0.3, 0.4) is 0 Å². The van der Waals surface area contributed by atoms with Crippen molar-refractivity contribution >= 4 is 29.2 Å². The lowest BCUT2D eigenvalue weighted by Gasteiger charge is -2.21. The highest BCUT2D eigenvalue weighted by Crippen LogP contribution is 2.19. The number of urea groups is 1. The zero-order valence-corrected chi connectivity index (χ0v) is 15.4. The van der Waals surface area contributed by atoms with Crippen LogP contribution in [0, 0.1) is 0 Å². The van der Waals surface area contributed by atoms with Crippen molar-refractivity contribution in [2.75, 3.05) is 11.9 Å². The van der Waals surface area contributed by atoms with Gasteiger partial charge in [0.1, 0.15) is 0 Å². The first kappa shape index (κ1) is 18.3. The van der Waals surface area contributed by atoms with Gasteiger partial charge in [-0.05, 0) is 61.7 Å². The van der Waals surface area contributed by atoms with Gasteiger partial charge in [-0.15, -0.1) is 0 Å². The quantitative estimate of drug-likeness (QED) is 0.795. The van der Waals surface area contributed by atoms with Gasteiger partial charge in [0.25, 0.3) is 5.91 Å². The van der Waals surface area contributed by atoms with Crippen LogP contribution in [-0.2, 0) is 6.54 Å². The van der Waals surface area contributed by atoms with Gasteiger partial charge in [-0.3, -0.25) is 4.79 Å². The third-order valence-electron chi connectivity index (χ3n) is 4.23. The van der Waals surface area contributed by atoms with E-state index in [1.807, 2.05) is 31.2 Å². The first-order valence-corrected chi connectivity index (χ1v) is 9.14. The highest BCUT2D eigenvalue weighted by atomic mass is 35.5. The van der Waals surface area contributed by atoms with E-state index < -0.39 is 0 Å². The van der Waals surface area contributed by atoms with Crippen LogP contribution >= 0.6 is 11.6 Å². The van der Waals surface area contributed by atoms with Gasteiger partial charge in [-0.25, -0.2) is 4.79 Å². The maximum absolute atomic E-state index is 12.7. The van der Waals surface area contributed by atoms with Gasteiger partial charge in [0.15, 0.2) is 0 Å². The Morgan fingerprint density at radius 2 is 1.88 bits per heavy atom. The Hall–Kier alpha value is -2.53. The fraction of sp³-hybridized carbons (Fsp3) is 0.300. The van der Waals surface area contributed by atoms with E-state index in [4.69, 9.17) is 11.6 Å². The van der Waals surface area contributed by atoms with Crippen molar-refractivity contribution in [3.8, 4) is 0 Å². The Morgan fingerprint density at radius 1 is 1.15 bits per heavy atom. The number of halogens is 1. The van der Waals surface area contributed by atoms with Gasteiger partial charge in [-0.2, -0.15) is 0 Å². The second kappa shape index (κ2) is 8.23. The van der Waals surface area contributed by atoms with Gasteiger partial charge in [0, 0.05) is 35.4 Å². The molecule has 1 saturated carbocycles. The summed E-state index contributed by atoms with van der Waals surface area (Å²) in [6, 6.07) is 14.6. The lowest BCUT2D eigenvalue weighted by molar-refractivity contribution is 0.0752. The minimum Gasteiger partial charge on any atom is -0.335 e. The van der Waals surface area contributed by atoms with Crippen molar-refractivity contribution in [1.29, 1.82) is 0 Å². The van der Waals surface area contributed by atoms with Gasteiger partial charge in [0.2, 0.25) is 0 Å². The van der Waals surface area contributed by atoms with Crippen LogP contribution < -0.4 is 10.6 Å². The molecule has 0 heterocycles. The molecule has 0 saturated heterocycles. The number of amides is 3. The topological polar surface area (TPSA) is 61.4 Å². The fourth-order valence-corrected chi connectivity index (χ4v) is 2.85. The van der Waals surface area contributed by atoms with E-state index in [0.29, 0.717) is 35.4 Å². The third kappa shape index (κ3) is 4.99. The van der Waals surface area contributed by atoms with Crippen molar-refractivity contribution in [3.05, 3.63) is 64.7 Å². The molecule has 0 atom stereocenters. The summed E-state index contributed by atoms with van der Waals surface area (Å²) < 4.78 is 0. The summed E-state index contributed by atoms with van der Waals surface area (Å²) in [7, 11) is 0. The summed E-state index contributed by atoms with van der Waals surface area (Å²) in [5.74, 6) is -0.0542. The van der Waals surface area contributed by atoms with Crippen molar-refractivity contribution in [2.24, 2.45) is 0 Å². The lowest BCUT2D eigenvalue weighted by atomic mass is 10.1. The van der Waals surface area contributed by atoms with Crippen LogP contribution in [-0.4, -0.2) is 29.4 Å². The molecular weight excluding hydrogens is 350 g/mol. The molecule has 0 bridgehead atoms. The first-order valence-electron chi connectivity index (χ1n) is 8.76. The monoisotopic (exact) mass is 371 g/mol. The van der Waals surface area contributed by atoms with Crippen LogP contribution in [0.4, 0.5) is 10.5 Å². The zero-order valence-electron chi connectivity index (χ0n) is 14.7. The number of rotatable bonds is 6. The molecule has 2 aromatic carbocycles. The van der Waals surface area contributed by atoms with Crippen molar-refractivity contribution < 1.29 is 9.59 Å². The van der Waals surface area contributed by atoms with Crippen molar-refractivity contribution in [1.82, 2.24) is 10.2 Å². The number of hydrogen-bond acceptors (Lipinski definition) is 2. The molecule has 1 fully saturated rings. The Labute approximate surface area is 158 Å². The number of nitrogens with one attached hydrogen (secondary N) is 2. The number of carbonyl (C=O) groups excluding carboxylic acids is 2. The van der Waals surface area contributed by atoms with Gasteiger partial charge in [-0.1, -0.05) is 23.7 Å². The fourth-order valence-electron chi connectivity index (χ4n) is 2.64. The normalized spacial score (nSPS) is 13.2. The molecule has 0 radical (unpaired) electrons. The van der Waals surface area contributed by atoms with Gasteiger partial charge < -0.3 is 15.5 Å². The van der Waals surface area contributed by atoms with Crippen LogP contribution in [0.5, 0.6) is 0 Å². The third-order valence-corrected chi connectivity index (χ3v) is 4.47. The summed E-state index contributed by atoms with van der Waals surface area (Å²) in [6.07, 6.45) is 2.08. The number of anilines is 1. The number of benzene rings is 2. The van der Waals surface area contributed by atoms with Crippen molar-refractivity contribution in [2.45, 2.75) is 32.4 Å². The Morgan fingerprint density at radius 3 is 2.50 bits per heavy atom. The number of carbonyl (C=O) groups is 2. The van der Waals surface area contributed by atoms with Crippen LogP contribution in [0.2, 0.25) is 5.02 Å². The molecule has 6 heteroatoms. The second-order valence-corrected chi connectivity index (χ2v) is 6.84. The van der Waals surface area contributed by atoms with E-state index in [0.717, 1.165) is 18.4 Å². The van der Waals surface area contributed by atoms with E-state index in [2.05, 4.69) is 10.6 Å². The molecule has 5 nitrogen and oxygen atoms in total. The van der Waals surface area contributed by atoms with Crippen LogP contribution in [0.25, 0.3) is 0 Å². The highest BCUT2D eigenvalue weighted by molar-refractivity contribution is 6.30. The van der Waals surface area contributed by atoms with Gasteiger partial charge in [0.05, 0.1) is 0 Å². The average molecular weight is 372 g/mol. The molecule has 1 aliphatic carbocycles. The van der Waals surface area contributed by atoms with Crippen molar-refractivity contribution in [3.63, 3.8) is 0 Å². The second-order valence-electron chi connectivity index (χ2n) is 6.40.